The molecule has 37 heavy (non-hydrogen) atoms. The van der Waals surface area contributed by atoms with E-state index in [1.165, 1.54) is 43.3 Å². The Kier molecular flexibility index (Phi) is 7.54. The molecule has 3 saturated heterocycles. The third kappa shape index (κ3) is 4.99. The number of hydrogen-bond acceptors (Lipinski definition) is 6. The molecule has 0 radical (unpaired) electrons. The fraction of sp³-hybridized carbons (Fsp3) is 0.533. The van der Waals surface area contributed by atoms with Crippen LogP contribution >= 0.6 is 0 Å². The van der Waals surface area contributed by atoms with Crippen LogP contribution in [0.4, 0.5) is 4.79 Å². The van der Waals surface area contributed by atoms with Crippen LogP contribution < -0.4 is 0 Å². The summed E-state index contributed by atoms with van der Waals surface area (Å²) in [6.07, 6.45) is 5.48. The van der Waals surface area contributed by atoms with E-state index >= 15 is 0 Å². The molecule has 7 heteroatoms. The van der Waals surface area contributed by atoms with Crippen molar-refractivity contribution >= 4 is 12.1 Å². The summed E-state index contributed by atoms with van der Waals surface area (Å²) >= 11 is 0. The van der Waals surface area contributed by atoms with Gasteiger partial charge in [0.1, 0.15) is 6.10 Å². The average Bonchev–Trinajstić information content (AvgIpc) is 3.44. The molecule has 1 spiro atoms. The Morgan fingerprint density at radius 2 is 1.43 bits per heavy atom. The summed E-state index contributed by atoms with van der Waals surface area (Å²) in [6.45, 7) is 5.55. The van der Waals surface area contributed by atoms with Crippen molar-refractivity contribution in [3.8, 4) is 0 Å². The first kappa shape index (κ1) is 25.7. The van der Waals surface area contributed by atoms with Crippen LogP contribution in [0.1, 0.15) is 63.5 Å². The number of carbonyl (C=O) groups excluding carboxylic acids is 2. The van der Waals surface area contributed by atoms with Gasteiger partial charge in [0.2, 0.25) is 5.60 Å². The summed E-state index contributed by atoms with van der Waals surface area (Å²) < 4.78 is 24.1. The normalized spacial score (nSPS) is 24.2. The number of carbonyl (C=O) groups is 2. The highest BCUT2D eigenvalue weighted by molar-refractivity contribution is 5.86. The number of nitrogens with zero attached hydrogens (tertiary/aromatic N) is 1. The first-order valence-corrected chi connectivity index (χ1v) is 13.6. The molecule has 2 unspecified atom stereocenters. The van der Waals surface area contributed by atoms with Crippen LogP contribution in [0, 0.1) is 0 Å². The van der Waals surface area contributed by atoms with Crippen molar-refractivity contribution in [2.75, 3.05) is 19.9 Å². The Hall–Kier alpha value is -2.90. The lowest BCUT2D eigenvalue weighted by atomic mass is 9.85. The van der Waals surface area contributed by atoms with Gasteiger partial charge in [-0.05, 0) is 25.0 Å². The summed E-state index contributed by atoms with van der Waals surface area (Å²) in [5.74, 6) is -0.481. The van der Waals surface area contributed by atoms with Crippen LogP contribution in [0.5, 0.6) is 0 Å². The van der Waals surface area contributed by atoms with Crippen LogP contribution in [0.25, 0.3) is 0 Å². The molecule has 5 rings (SSSR count). The van der Waals surface area contributed by atoms with Crippen LogP contribution in [0.3, 0.4) is 0 Å². The Balaban J connectivity index is 1.41. The van der Waals surface area contributed by atoms with Gasteiger partial charge in [-0.15, -0.1) is 0 Å². The molecular formula is C30H38NO6+. The Morgan fingerprint density at radius 3 is 1.95 bits per heavy atom. The summed E-state index contributed by atoms with van der Waals surface area (Å²) in [5.41, 5.74) is -0.348. The van der Waals surface area contributed by atoms with Crippen molar-refractivity contribution in [3.05, 3.63) is 71.8 Å². The SMILES string of the molecule is CC(C)OC(=O)OCOC(C(=O)OC1CC2CCC(C1)[N+]21CCCC1)(c1ccccc1)c1ccccc1. The molecule has 0 aromatic heterocycles. The van der Waals surface area contributed by atoms with Gasteiger partial charge in [-0.1, -0.05) is 60.7 Å². The Labute approximate surface area is 219 Å². The zero-order valence-electron chi connectivity index (χ0n) is 21.8. The highest BCUT2D eigenvalue weighted by atomic mass is 16.8. The number of hydrogen-bond donors (Lipinski definition) is 0. The maximum atomic E-state index is 14.2. The molecule has 3 fully saturated rings. The lowest BCUT2D eigenvalue weighted by Crippen LogP contribution is -2.60. The summed E-state index contributed by atoms with van der Waals surface area (Å²) in [5, 5.41) is 0. The highest BCUT2D eigenvalue weighted by Gasteiger charge is 2.57. The van der Waals surface area contributed by atoms with Crippen molar-refractivity contribution in [1.82, 2.24) is 0 Å². The maximum absolute atomic E-state index is 14.2. The predicted molar refractivity (Wildman–Crippen MR) is 137 cm³/mol. The summed E-state index contributed by atoms with van der Waals surface area (Å²) in [6, 6.07) is 19.7. The minimum Gasteiger partial charge on any atom is -0.459 e. The minimum atomic E-state index is -1.59. The lowest BCUT2D eigenvalue weighted by Gasteiger charge is -2.47. The van der Waals surface area contributed by atoms with Crippen LogP contribution in [-0.2, 0) is 29.3 Å². The van der Waals surface area contributed by atoms with E-state index in [2.05, 4.69) is 0 Å². The number of quaternary nitrogens is 1. The second-order valence-electron chi connectivity index (χ2n) is 10.9. The van der Waals surface area contributed by atoms with Gasteiger partial charge in [-0.3, -0.25) is 0 Å². The lowest BCUT2D eigenvalue weighted by molar-refractivity contribution is -0.956. The van der Waals surface area contributed by atoms with Crippen LogP contribution in [-0.4, -0.2) is 60.8 Å². The van der Waals surface area contributed by atoms with Gasteiger partial charge in [0, 0.05) is 38.5 Å². The average molecular weight is 509 g/mol. The molecule has 3 heterocycles. The predicted octanol–water partition coefficient (Wildman–Crippen LogP) is 5.31. The van der Waals surface area contributed by atoms with E-state index in [1.54, 1.807) is 13.8 Å². The van der Waals surface area contributed by atoms with E-state index in [4.69, 9.17) is 18.9 Å². The molecule has 3 aliphatic heterocycles. The molecule has 3 aliphatic rings. The molecule has 198 valence electrons. The molecule has 0 amide bonds. The van der Waals surface area contributed by atoms with Crippen molar-refractivity contribution in [2.45, 2.75) is 82.3 Å². The molecule has 2 aromatic rings. The van der Waals surface area contributed by atoms with E-state index in [9.17, 15) is 9.59 Å². The fourth-order valence-corrected chi connectivity index (χ4v) is 6.91. The number of rotatable bonds is 8. The summed E-state index contributed by atoms with van der Waals surface area (Å²) in [4.78, 5) is 26.3. The van der Waals surface area contributed by atoms with Crippen molar-refractivity contribution in [3.63, 3.8) is 0 Å². The zero-order valence-corrected chi connectivity index (χ0v) is 21.8. The maximum Gasteiger partial charge on any atom is 0.510 e. The number of piperidine rings is 1. The van der Waals surface area contributed by atoms with E-state index in [-0.39, 0.29) is 12.2 Å². The molecule has 7 nitrogen and oxygen atoms in total. The van der Waals surface area contributed by atoms with Crippen molar-refractivity contribution < 1.29 is 33.0 Å². The topological polar surface area (TPSA) is 71.1 Å². The van der Waals surface area contributed by atoms with E-state index in [1.807, 2.05) is 60.7 Å². The molecule has 2 bridgehead atoms. The molecule has 2 atom stereocenters. The van der Waals surface area contributed by atoms with Crippen molar-refractivity contribution in [1.29, 1.82) is 0 Å². The third-order valence-corrected chi connectivity index (χ3v) is 8.46. The van der Waals surface area contributed by atoms with Gasteiger partial charge in [0.15, 0.2) is 6.79 Å². The van der Waals surface area contributed by atoms with Gasteiger partial charge in [-0.2, -0.15) is 0 Å². The van der Waals surface area contributed by atoms with Gasteiger partial charge in [0.25, 0.3) is 0 Å². The molecular weight excluding hydrogens is 470 g/mol. The molecule has 0 saturated carbocycles. The van der Waals surface area contributed by atoms with Crippen molar-refractivity contribution in [2.24, 2.45) is 0 Å². The van der Waals surface area contributed by atoms with E-state index < -0.39 is 24.5 Å². The largest absolute Gasteiger partial charge is 0.510 e. The number of benzene rings is 2. The Bertz CT molecular complexity index is 1010. The van der Waals surface area contributed by atoms with Gasteiger partial charge in [0.05, 0.1) is 31.3 Å². The molecule has 0 N–H and O–H groups in total. The standard InChI is InChI=1S/C30H38NO6/c1-22(2)36-29(33)34-21-35-30(23-11-5-3-6-12-23,24-13-7-4-8-14-24)28(32)37-27-19-25-15-16-26(20-27)31(25)17-9-10-18-31/h3-8,11-14,22,25-27H,9-10,15-21H2,1-2H3/q+1. The zero-order chi connectivity index (χ0) is 25.9. The quantitative estimate of drug-likeness (QED) is 0.273. The number of esters is 1. The van der Waals surface area contributed by atoms with Crippen LogP contribution in [0.15, 0.2) is 60.7 Å². The van der Waals surface area contributed by atoms with Crippen LogP contribution in [0.2, 0.25) is 0 Å². The van der Waals surface area contributed by atoms with E-state index in [0.717, 1.165) is 12.8 Å². The molecule has 2 aromatic carbocycles. The fourth-order valence-electron chi connectivity index (χ4n) is 6.91. The second kappa shape index (κ2) is 10.8. The monoisotopic (exact) mass is 508 g/mol. The highest BCUT2D eigenvalue weighted by Crippen LogP contribution is 2.47. The number of ether oxygens (including phenoxy) is 4. The first-order chi connectivity index (χ1) is 17.9. The van der Waals surface area contributed by atoms with Gasteiger partial charge < -0.3 is 23.4 Å². The second-order valence-corrected chi connectivity index (χ2v) is 10.9. The molecule has 0 aliphatic carbocycles. The smallest absolute Gasteiger partial charge is 0.459 e. The van der Waals surface area contributed by atoms with Gasteiger partial charge in [-0.25, -0.2) is 9.59 Å². The summed E-state index contributed by atoms with van der Waals surface area (Å²) in [7, 11) is 0. The van der Waals surface area contributed by atoms with Gasteiger partial charge >= 0.3 is 12.1 Å². The van der Waals surface area contributed by atoms with E-state index in [0.29, 0.717) is 23.2 Å². The Morgan fingerprint density at radius 1 is 0.892 bits per heavy atom. The third-order valence-electron chi connectivity index (χ3n) is 8.46. The minimum absolute atomic E-state index is 0.156. The first-order valence-electron chi connectivity index (χ1n) is 13.6.